The number of fused-ring (bicyclic) bond motifs is 2. The van der Waals surface area contributed by atoms with E-state index >= 15 is 0 Å². The number of carbonyl (C=O) groups is 7. The Morgan fingerprint density at radius 3 is 2.29 bits per heavy atom. The molecule has 0 saturated heterocycles. The average molecular weight is 1280 g/mol. The highest BCUT2D eigenvalue weighted by atomic mass is 32.1. The smallest absolute Gasteiger partial charge is 0.410 e. The first kappa shape index (κ1) is 64.9. The van der Waals surface area contributed by atoms with Crippen molar-refractivity contribution in [2.45, 2.75) is 122 Å². The van der Waals surface area contributed by atoms with Crippen LogP contribution >= 0.6 is 11.3 Å². The molecule has 0 radical (unpaired) electrons. The number of aromatic nitrogens is 4. The summed E-state index contributed by atoms with van der Waals surface area (Å²) in [7, 11) is 0. The third-order valence-corrected chi connectivity index (χ3v) is 19.8. The van der Waals surface area contributed by atoms with Crippen molar-refractivity contribution in [2.24, 2.45) is 16.2 Å². The third-order valence-electron chi connectivity index (χ3n) is 18.8. The van der Waals surface area contributed by atoms with Crippen LogP contribution in [0.15, 0.2) is 91.1 Å². The van der Waals surface area contributed by atoms with Gasteiger partial charge in [0.05, 0.1) is 48.4 Å². The highest BCUT2D eigenvalue weighted by Gasteiger charge is 2.66. The molecule has 3 aromatic carbocycles. The molecular formula is C67H78N10O14S. The maximum Gasteiger partial charge on any atom is 0.410 e. The molecule has 4 fully saturated rings. The number of carbonyl (C=O) groups excluding carboxylic acids is 6. The molecule has 8 N–H and O–H groups in total. The SMILES string of the molecule is Cc1c(-c2ccc(N3CCc4cccc(C(=O)Nc5nc6ccccc6s5)c4C3)nc2C(=O)O)cnn1CC12CC3(C)CC(C)(C1)CC(OCCN(CCC(=O)NC(CO)(CO)CO)C(=O)OCc1ccc(CCCCNC(=O)CN4C(=O)C=CC4=O)cc1O)(C3)C2. The van der Waals surface area contributed by atoms with Gasteiger partial charge in [-0.3, -0.25) is 38.9 Å². The molecule has 4 bridgehead atoms. The summed E-state index contributed by atoms with van der Waals surface area (Å²) >= 11 is 1.40. The lowest BCUT2D eigenvalue weighted by atomic mass is 9.39. The van der Waals surface area contributed by atoms with E-state index < -0.39 is 66.7 Å². The van der Waals surface area contributed by atoms with Gasteiger partial charge >= 0.3 is 12.1 Å². The maximum atomic E-state index is 14.1. The zero-order chi connectivity index (χ0) is 65.2. The van der Waals surface area contributed by atoms with E-state index in [-0.39, 0.29) is 72.9 Å². The summed E-state index contributed by atoms with van der Waals surface area (Å²) in [4.78, 5) is 104. The van der Waals surface area contributed by atoms with Gasteiger partial charge in [-0.05, 0) is 140 Å². The summed E-state index contributed by atoms with van der Waals surface area (Å²) in [6.07, 6.45) is 10.4. The fraction of sp³-hybridized carbons (Fsp3) is 0.463. The van der Waals surface area contributed by atoms with E-state index in [1.54, 1.807) is 36.5 Å². The van der Waals surface area contributed by atoms with E-state index in [4.69, 9.17) is 19.6 Å². The Hall–Kier alpha value is -8.62. The lowest BCUT2D eigenvalue weighted by Gasteiger charge is -2.69. The topological polar surface area (TPSA) is 329 Å². The number of hydrogen-bond donors (Lipinski definition) is 8. The first-order chi connectivity index (χ1) is 44.0. The van der Waals surface area contributed by atoms with Crippen LogP contribution < -0.4 is 20.9 Å². The minimum absolute atomic E-state index is 0.0198. The fourth-order valence-corrected chi connectivity index (χ4v) is 16.4. The molecule has 3 aromatic heterocycles. The maximum absolute atomic E-state index is 14.1. The number of aliphatic hydroxyl groups is 3. The molecule has 4 aliphatic carbocycles. The van der Waals surface area contributed by atoms with Gasteiger partial charge in [-0.25, -0.2) is 19.6 Å². The van der Waals surface area contributed by atoms with Crippen LogP contribution in [0.1, 0.15) is 120 Å². The second-order valence-electron chi connectivity index (χ2n) is 26.4. The van der Waals surface area contributed by atoms with Gasteiger partial charge in [0.15, 0.2) is 10.8 Å². The minimum atomic E-state index is -1.68. The van der Waals surface area contributed by atoms with Gasteiger partial charge in [0, 0.05) is 85.8 Å². The van der Waals surface area contributed by atoms with Gasteiger partial charge in [-0.2, -0.15) is 5.10 Å². The van der Waals surface area contributed by atoms with Crippen molar-refractivity contribution < 1.29 is 68.6 Å². The minimum Gasteiger partial charge on any atom is -0.508 e. The van der Waals surface area contributed by atoms with E-state index in [2.05, 4.69) is 34.8 Å². The highest BCUT2D eigenvalue weighted by Crippen LogP contribution is 2.72. The van der Waals surface area contributed by atoms with Gasteiger partial charge in [0.2, 0.25) is 11.8 Å². The molecule has 2 unspecified atom stereocenters. The van der Waals surface area contributed by atoms with E-state index in [1.165, 1.54) is 16.2 Å². The average Bonchev–Trinajstić information content (AvgIpc) is 0.714. The van der Waals surface area contributed by atoms with Crippen LogP contribution in [0.2, 0.25) is 0 Å². The molecule has 24 nitrogen and oxygen atoms in total. The largest absolute Gasteiger partial charge is 0.508 e. The number of thiazole rings is 1. The predicted octanol–water partition coefficient (Wildman–Crippen LogP) is 6.44. The van der Waals surface area contributed by atoms with Crippen molar-refractivity contribution in [3.8, 4) is 16.9 Å². The number of benzene rings is 3. The summed E-state index contributed by atoms with van der Waals surface area (Å²) in [6.45, 7) is 5.46. The number of unbranched alkanes of at least 4 members (excludes halogenated alkanes) is 1. The molecule has 2 atom stereocenters. The molecule has 12 rings (SSSR count). The summed E-state index contributed by atoms with van der Waals surface area (Å²) < 4.78 is 15.8. The van der Waals surface area contributed by atoms with Gasteiger partial charge in [0.1, 0.15) is 30.3 Å². The quantitative estimate of drug-likeness (QED) is 0.0203. The van der Waals surface area contributed by atoms with E-state index in [9.17, 15) is 59.1 Å². The summed E-state index contributed by atoms with van der Waals surface area (Å²) in [5.41, 5.74) is 3.38. The second-order valence-corrected chi connectivity index (χ2v) is 27.4. The van der Waals surface area contributed by atoms with Gasteiger partial charge in [-0.15, -0.1) is 0 Å². The Balaban J connectivity index is 0.737. The number of amides is 6. The molecule has 6 amide bonds. The molecule has 5 heterocycles. The summed E-state index contributed by atoms with van der Waals surface area (Å²) in [5, 5.41) is 65.1. The van der Waals surface area contributed by atoms with Gasteiger partial charge in [-0.1, -0.05) is 61.6 Å². The van der Waals surface area contributed by atoms with Crippen LogP contribution in [0.5, 0.6) is 5.75 Å². The molecule has 486 valence electrons. The summed E-state index contributed by atoms with van der Waals surface area (Å²) in [5.74, 6) is -3.24. The first-order valence-corrected chi connectivity index (χ1v) is 32.0. The van der Waals surface area contributed by atoms with Crippen molar-refractivity contribution in [1.29, 1.82) is 0 Å². The van der Waals surface area contributed by atoms with Crippen LogP contribution in [0, 0.1) is 23.2 Å². The van der Waals surface area contributed by atoms with Crippen LogP contribution in [0.3, 0.4) is 0 Å². The van der Waals surface area contributed by atoms with E-state index in [0.29, 0.717) is 91.5 Å². The zero-order valence-electron chi connectivity index (χ0n) is 51.9. The Bertz CT molecular complexity index is 3800. The van der Waals surface area contributed by atoms with Crippen molar-refractivity contribution in [2.75, 3.05) is 69.4 Å². The number of aromatic carboxylic acids is 1. The lowest BCUT2D eigenvalue weighted by molar-refractivity contribution is -0.248. The third kappa shape index (κ3) is 14.1. The first-order valence-electron chi connectivity index (χ1n) is 31.1. The fourth-order valence-electron chi connectivity index (χ4n) is 15.5. The Morgan fingerprint density at radius 1 is 0.826 bits per heavy atom. The molecule has 6 aliphatic rings. The number of rotatable bonds is 27. The summed E-state index contributed by atoms with van der Waals surface area (Å²) in [6, 6.07) is 22.0. The molecular weight excluding hydrogens is 1200 g/mol. The monoisotopic (exact) mass is 1280 g/mol. The molecule has 4 saturated carbocycles. The normalized spacial score (nSPS) is 21.4. The number of hydrogen-bond acceptors (Lipinski definition) is 18. The Labute approximate surface area is 535 Å². The number of ether oxygens (including phenoxy) is 2. The Kier molecular flexibility index (Phi) is 18.7. The molecule has 92 heavy (non-hydrogen) atoms. The number of phenolic OH excluding ortho intramolecular Hbond substituents is 1. The van der Waals surface area contributed by atoms with Crippen molar-refractivity contribution in [1.82, 2.24) is 40.2 Å². The molecule has 2 aliphatic heterocycles. The zero-order valence-corrected chi connectivity index (χ0v) is 52.7. The number of anilines is 2. The van der Waals surface area contributed by atoms with Crippen LogP contribution in [-0.4, -0.2) is 167 Å². The Morgan fingerprint density at radius 2 is 1.58 bits per heavy atom. The molecule has 6 aromatic rings. The van der Waals surface area contributed by atoms with Crippen LogP contribution in [-0.2, 0) is 61.2 Å². The number of pyridine rings is 1. The second kappa shape index (κ2) is 26.5. The van der Waals surface area contributed by atoms with Crippen molar-refractivity contribution >= 4 is 74.1 Å². The van der Waals surface area contributed by atoms with Crippen molar-refractivity contribution in [3.05, 3.63) is 130 Å². The number of aromatic hydroxyl groups is 1. The van der Waals surface area contributed by atoms with E-state index in [1.807, 2.05) is 59.0 Å². The number of carboxylic acids is 1. The highest BCUT2D eigenvalue weighted by molar-refractivity contribution is 7.22. The van der Waals surface area contributed by atoms with Crippen LogP contribution in [0.25, 0.3) is 21.3 Å². The molecule has 0 spiro atoms. The van der Waals surface area contributed by atoms with Gasteiger partial charge in [0.25, 0.3) is 17.7 Å². The number of phenols is 1. The number of nitrogens with one attached hydrogen (secondary N) is 3. The number of para-hydroxylation sites is 1. The molecule has 25 heteroatoms. The number of carboxylic acid groups (broad SMARTS) is 1. The standard InChI is InChI=1S/C67H78N10O14S/c1-42-48(46-16-17-53(71-58(46)60(87)88)75-23-20-44-10-8-11-47(49(44)29-75)59(86)72-61-70-50-12-4-5-13-52(50)92-61)28-69-77(42)38-65-33-63(2)32-64(3,34-65)36-67(35-63,37-65)91-26-25-74(24-21-54(82)73-66(39-78,40-79)41-80)62(89)90-31-45-15-14-43(27-51(45)81)9-6-7-22-68-55(83)30-76-56(84)18-19-57(76)85/h4-5,8,10-19,27-28,78-81H,6-7,9,20-26,29-41H2,1-3H3,(H,68,83)(H,73,82)(H,87,88)(H,70,72,86). The van der Waals surface area contributed by atoms with Crippen LogP contribution in [0.4, 0.5) is 15.7 Å². The number of aliphatic hydroxyl groups excluding tert-OH is 3. The van der Waals surface area contributed by atoms with E-state index in [0.717, 1.165) is 81.8 Å². The number of nitrogens with zero attached hydrogens (tertiary/aromatic N) is 7. The van der Waals surface area contributed by atoms with Gasteiger partial charge < -0.3 is 55.4 Å². The lowest BCUT2D eigenvalue weighted by Crippen LogP contribution is -2.64. The number of aryl methyl sites for hydroxylation is 1. The number of imide groups is 1. The predicted molar refractivity (Wildman–Crippen MR) is 339 cm³/mol. The van der Waals surface area contributed by atoms with Crippen molar-refractivity contribution in [3.63, 3.8) is 0 Å².